The summed E-state index contributed by atoms with van der Waals surface area (Å²) in [4.78, 5) is 8.13. The van der Waals surface area contributed by atoms with Crippen molar-refractivity contribution in [1.82, 2.24) is 9.97 Å². The van der Waals surface area contributed by atoms with E-state index in [0.29, 0.717) is 27.8 Å². The first-order valence-electron chi connectivity index (χ1n) is 5.26. The molecule has 0 unspecified atom stereocenters. The minimum absolute atomic E-state index is 0.402. The molecule has 0 saturated heterocycles. The van der Waals surface area contributed by atoms with Crippen molar-refractivity contribution >= 4 is 33.3 Å². The van der Waals surface area contributed by atoms with Gasteiger partial charge in [0.05, 0.1) is 0 Å². The highest BCUT2D eigenvalue weighted by Gasteiger charge is 2.08. The van der Waals surface area contributed by atoms with E-state index in [1.165, 1.54) is 6.33 Å². The maximum atomic E-state index is 5.91. The van der Waals surface area contributed by atoms with Crippen molar-refractivity contribution < 1.29 is 4.74 Å². The molecular formula is C12H11BrClN3O. The van der Waals surface area contributed by atoms with E-state index in [0.717, 1.165) is 5.56 Å². The molecule has 0 saturated carbocycles. The number of hydrogen-bond acceptors (Lipinski definition) is 4. The van der Waals surface area contributed by atoms with Gasteiger partial charge in [-0.1, -0.05) is 23.7 Å². The number of hydrogen-bond donors (Lipinski definition) is 1. The van der Waals surface area contributed by atoms with E-state index < -0.39 is 0 Å². The summed E-state index contributed by atoms with van der Waals surface area (Å²) in [6.07, 6.45) is 1.45. The number of aromatic nitrogens is 2. The van der Waals surface area contributed by atoms with E-state index in [9.17, 15) is 0 Å². The first-order valence-corrected chi connectivity index (χ1v) is 6.43. The van der Waals surface area contributed by atoms with Crippen molar-refractivity contribution in [2.45, 2.75) is 6.61 Å². The predicted molar refractivity (Wildman–Crippen MR) is 75.1 cm³/mol. The maximum absolute atomic E-state index is 5.91. The predicted octanol–water partition coefficient (Wildman–Crippen LogP) is 3.51. The molecule has 0 spiro atoms. The Morgan fingerprint density at radius 3 is 2.94 bits per heavy atom. The quantitative estimate of drug-likeness (QED) is 0.933. The van der Waals surface area contributed by atoms with Crippen molar-refractivity contribution in [2.75, 3.05) is 12.4 Å². The molecule has 0 amide bonds. The Kier molecular flexibility index (Phi) is 4.38. The summed E-state index contributed by atoms with van der Waals surface area (Å²) in [6, 6.07) is 7.51. The molecule has 1 heterocycles. The van der Waals surface area contributed by atoms with Gasteiger partial charge in [0, 0.05) is 12.1 Å². The fourth-order valence-electron chi connectivity index (χ4n) is 1.41. The molecule has 18 heavy (non-hydrogen) atoms. The minimum atomic E-state index is 0.402. The third-order valence-electron chi connectivity index (χ3n) is 2.26. The largest absolute Gasteiger partial charge is 0.472 e. The van der Waals surface area contributed by atoms with Gasteiger partial charge < -0.3 is 10.1 Å². The standard InChI is InChI=1S/C12H11BrClN3O/c1-15-11-10(13)12(17-7-16-11)18-6-8-3-2-4-9(14)5-8/h2-5,7H,6H2,1H3,(H,15,16,17). The third-order valence-corrected chi connectivity index (χ3v) is 3.21. The zero-order valence-electron chi connectivity index (χ0n) is 9.65. The second-order valence-electron chi connectivity index (χ2n) is 3.51. The number of halogens is 2. The lowest BCUT2D eigenvalue weighted by Gasteiger charge is -2.09. The van der Waals surface area contributed by atoms with Crippen LogP contribution < -0.4 is 10.1 Å². The van der Waals surface area contributed by atoms with Crippen LogP contribution in [0.15, 0.2) is 35.1 Å². The molecule has 1 aromatic heterocycles. The summed E-state index contributed by atoms with van der Waals surface area (Å²) in [7, 11) is 1.79. The van der Waals surface area contributed by atoms with Crippen LogP contribution in [-0.4, -0.2) is 17.0 Å². The monoisotopic (exact) mass is 327 g/mol. The van der Waals surface area contributed by atoms with Gasteiger partial charge in [-0.3, -0.25) is 0 Å². The van der Waals surface area contributed by atoms with Crippen LogP contribution in [0.3, 0.4) is 0 Å². The molecule has 6 heteroatoms. The summed E-state index contributed by atoms with van der Waals surface area (Å²) >= 11 is 9.30. The van der Waals surface area contributed by atoms with E-state index in [-0.39, 0.29) is 0 Å². The van der Waals surface area contributed by atoms with Gasteiger partial charge >= 0.3 is 0 Å². The van der Waals surface area contributed by atoms with E-state index >= 15 is 0 Å². The van der Waals surface area contributed by atoms with Crippen LogP contribution in [0.5, 0.6) is 5.88 Å². The van der Waals surface area contributed by atoms with E-state index in [2.05, 4.69) is 31.2 Å². The molecule has 94 valence electrons. The van der Waals surface area contributed by atoms with Gasteiger partial charge in [-0.15, -0.1) is 0 Å². The topological polar surface area (TPSA) is 47.0 Å². The van der Waals surface area contributed by atoms with Crippen LogP contribution >= 0.6 is 27.5 Å². The van der Waals surface area contributed by atoms with Crippen molar-refractivity contribution in [3.8, 4) is 5.88 Å². The molecule has 2 rings (SSSR count). The molecule has 0 aliphatic heterocycles. The first-order chi connectivity index (χ1) is 8.70. The summed E-state index contributed by atoms with van der Waals surface area (Å²) in [5.74, 6) is 1.18. The van der Waals surface area contributed by atoms with Crippen LogP contribution in [0.4, 0.5) is 5.82 Å². The molecule has 0 aliphatic rings. The van der Waals surface area contributed by atoms with Crippen LogP contribution in [-0.2, 0) is 6.61 Å². The molecule has 2 aromatic rings. The number of nitrogens with one attached hydrogen (secondary N) is 1. The Labute approximate surface area is 118 Å². The second-order valence-corrected chi connectivity index (χ2v) is 4.74. The van der Waals surface area contributed by atoms with Gasteiger partial charge in [0.15, 0.2) is 0 Å². The second kappa shape index (κ2) is 6.02. The Morgan fingerprint density at radius 1 is 1.39 bits per heavy atom. The summed E-state index contributed by atoms with van der Waals surface area (Å²) in [5.41, 5.74) is 0.985. The van der Waals surface area contributed by atoms with Crippen LogP contribution in [0.2, 0.25) is 5.02 Å². The van der Waals surface area contributed by atoms with Crippen LogP contribution in [0.1, 0.15) is 5.56 Å². The average molecular weight is 329 g/mol. The Morgan fingerprint density at radius 2 is 2.22 bits per heavy atom. The SMILES string of the molecule is CNc1ncnc(OCc2cccc(Cl)c2)c1Br. The van der Waals surface area contributed by atoms with Crippen molar-refractivity contribution in [3.05, 3.63) is 45.7 Å². The fraction of sp³-hybridized carbons (Fsp3) is 0.167. The Bertz CT molecular complexity index is 551. The number of anilines is 1. The van der Waals surface area contributed by atoms with Crippen LogP contribution in [0.25, 0.3) is 0 Å². The lowest BCUT2D eigenvalue weighted by Crippen LogP contribution is -2.01. The van der Waals surface area contributed by atoms with Crippen molar-refractivity contribution in [2.24, 2.45) is 0 Å². The third kappa shape index (κ3) is 3.11. The van der Waals surface area contributed by atoms with Crippen molar-refractivity contribution in [1.29, 1.82) is 0 Å². The number of rotatable bonds is 4. The van der Waals surface area contributed by atoms with Crippen molar-refractivity contribution in [3.63, 3.8) is 0 Å². The number of nitrogens with zero attached hydrogens (tertiary/aromatic N) is 2. The van der Waals surface area contributed by atoms with Gasteiger partial charge in [-0.25, -0.2) is 9.97 Å². The highest BCUT2D eigenvalue weighted by Crippen LogP contribution is 2.28. The van der Waals surface area contributed by atoms with Gasteiger partial charge in [-0.05, 0) is 33.6 Å². The van der Waals surface area contributed by atoms with Crippen LogP contribution in [0, 0.1) is 0 Å². The fourth-order valence-corrected chi connectivity index (χ4v) is 2.14. The van der Waals surface area contributed by atoms with Gasteiger partial charge in [0.2, 0.25) is 5.88 Å². The molecule has 0 atom stereocenters. The normalized spacial score (nSPS) is 10.2. The highest BCUT2D eigenvalue weighted by atomic mass is 79.9. The first kappa shape index (κ1) is 13.1. The smallest absolute Gasteiger partial charge is 0.233 e. The van der Waals surface area contributed by atoms with E-state index in [1.54, 1.807) is 7.05 Å². The molecule has 4 nitrogen and oxygen atoms in total. The average Bonchev–Trinajstić information content (AvgIpc) is 2.38. The molecule has 0 radical (unpaired) electrons. The molecule has 1 aromatic carbocycles. The molecule has 0 fully saturated rings. The molecule has 0 aliphatic carbocycles. The van der Waals surface area contributed by atoms with E-state index in [4.69, 9.17) is 16.3 Å². The Hall–Kier alpha value is -1.33. The highest BCUT2D eigenvalue weighted by molar-refractivity contribution is 9.10. The summed E-state index contributed by atoms with van der Waals surface area (Å²) < 4.78 is 6.33. The minimum Gasteiger partial charge on any atom is -0.472 e. The zero-order chi connectivity index (χ0) is 13.0. The molecular weight excluding hydrogens is 318 g/mol. The summed E-state index contributed by atoms with van der Waals surface area (Å²) in [5, 5.41) is 3.63. The molecule has 1 N–H and O–H groups in total. The van der Waals surface area contributed by atoms with Gasteiger partial charge in [0.25, 0.3) is 0 Å². The summed E-state index contributed by atoms with van der Waals surface area (Å²) in [6.45, 7) is 0.402. The Balaban J connectivity index is 2.11. The molecule has 0 bridgehead atoms. The van der Waals surface area contributed by atoms with Gasteiger partial charge in [-0.2, -0.15) is 0 Å². The van der Waals surface area contributed by atoms with Gasteiger partial charge in [0.1, 0.15) is 23.2 Å². The lowest BCUT2D eigenvalue weighted by atomic mass is 10.2. The number of benzene rings is 1. The lowest BCUT2D eigenvalue weighted by molar-refractivity contribution is 0.291. The number of ether oxygens (including phenoxy) is 1. The maximum Gasteiger partial charge on any atom is 0.233 e. The zero-order valence-corrected chi connectivity index (χ0v) is 12.0. The van der Waals surface area contributed by atoms with E-state index in [1.807, 2.05) is 24.3 Å².